The molecule has 0 aliphatic heterocycles. The zero-order valence-corrected chi connectivity index (χ0v) is 12.8. The molecule has 0 fully saturated rings. The predicted molar refractivity (Wildman–Crippen MR) is 75.5 cm³/mol. The molecular weight excluding hydrogens is 374 g/mol. The van der Waals surface area contributed by atoms with Crippen molar-refractivity contribution in [1.82, 2.24) is 10.2 Å². The van der Waals surface area contributed by atoms with Gasteiger partial charge in [-0.2, -0.15) is 13.5 Å². The molecule has 3 N–H and O–H groups in total. The van der Waals surface area contributed by atoms with Crippen LogP contribution in [0.3, 0.4) is 0 Å². The maximum Gasteiger partial charge on any atom is 0.340 e. The first-order valence-electron chi connectivity index (χ1n) is 5.06. The zero-order chi connectivity index (χ0) is 14.9. The molecule has 0 radical (unpaired) electrons. The van der Waals surface area contributed by atoms with Crippen LogP contribution in [-0.2, 0) is 10.0 Å². The third-order valence-corrected chi connectivity index (χ3v) is 4.44. The number of benzene rings is 1. The first kappa shape index (κ1) is 14.8. The van der Waals surface area contributed by atoms with Gasteiger partial charge in [-0.15, -0.1) is 0 Å². The molecule has 2 rings (SSSR count). The lowest BCUT2D eigenvalue weighted by Crippen LogP contribution is -2.17. The van der Waals surface area contributed by atoms with Crippen molar-refractivity contribution in [2.24, 2.45) is 0 Å². The van der Waals surface area contributed by atoms with Gasteiger partial charge in [0, 0.05) is 4.47 Å². The van der Waals surface area contributed by atoms with Gasteiger partial charge in [0.25, 0.3) is 10.0 Å². The minimum atomic E-state index is -4.14. The highest BCUT2D eigenvalue weighted by molar-refractivity contribution is 9.10. The van der Waals surface area contributed by atoms with E-state index in [2.05, 4.69) is 30.8 Å². The summed E-state index contributed by atoms with van der Waals surface area (Å²) in [7, 11) is -4.14. The summed E-state index contributed by atoms with van der Waals surface area (Å²) in [4.78, 5) is 10.9. The van der Waals surface area contributed by atoms with Gasteiger partial charge in [-0.05, 0) is 18.2 Å². The smallest absolute Gasteiger partial charge is 0.340 e. The number of carboxylic acid groups (broad SMARTS) is 1. The van der Waals surface area contributed by atoms with E-state index in [-0.39, 0.29) is 10.7 Å². The lowest BCUT2D eigenvalue weighted by Gasteiger charge is -2.09. The number of hydrogen-bond acceptors (Lipinski definition) is 4. The minimum absolute atomic E-state index is 0.118. The van der Waals surface area contributed by atoms with Crippen molar-refractivity contribution in [3.63, 3.8) is 0 Å². The van der Waals surface area contributed by atoms with Gasteiger partial charge in [0.1, 0.15) is 5.56 Å². The van der Waals surface area contributed by atoms with Crippen LogP contribution in [0.2, 0.25) is 5.02 Å². The average molecular weight is 381 g/mol. The molecule has 0 amide bonds. The van der Waals surface area contributed by atoms with Gasteiger partial charge in [0.05, 0.1) is 16.9 Å². The van der Waals surface area contributed by atoms with Crippen LogP contribution in [0, 0.1) is 0 Å². The molecule has 2 aromatic rings. The van der Waals surface area contributed by atoms with E-state index in [4.69, 9.17) is 16.7 Å². The first-order valence-corrected chi connectivity index (χ1v) is 7.71. The fourth-order valence-electron chi connectivity index (χ4n) is 1.40. The molecule has 0 aliphatic carbocycles. The Hall–Kier alpha value is -1.58. The summed E-state index contributed by atoms with van der Waals surface area (Å²) in [6, 6.07) is 4.59. The van der Waals surface area contributed by atoms with Gasteiger partial charge in [0.15, 0.2) is 5.03 Å². The molecule has 0 saturated heterocycles. The van der Waals surface area contributed by atoms with Gasteiger partial charge >= 0.3 is 5.97 Å². The van der Waals surface area contributed by atoms with Crippen LogP contribution >= 0.6 is 27.5 Å². The molecule has 1 aromatic heterocycles. The number of anilines is 1. The Morgan fingerprint density at radius 2 is 2.15 bits per heavy atom. The highest BCUT2D eigenvalue weighted by Crippen LogP contribution is 2.28. The number of aromatic nitrogens is 2. The number of nitrogens with zero attached hydrogens (tertiary/aromatic N) is 1. The quantitative estimate of drug-likeness (QED) is 0.753. The number of aromatic amines is 1. The number of carboxylic acids is 1. The normalized spacial score (nSPS) is 11.3. The fourth-order valence-corrected chi connectivity index (χ4v) is 3.15. The van der Waals surface area contributed by atoms with Crippen molar-refractivity contribution >= 4 is 49.2 Å². The van der Waals surface area contributed by atoms with Crippen molar-refractivity contribution in [1.29, 1.82) is 0 Å². The number of hydrogen-bond donors (Lipinski definition) is 3. The maximum absolute atomic E-state index is 12.1. The molecule has 20 heavy (non-hydrogen) atoms. The van der Waals surface area contributed by atoms with E-state index in [1.54, 1.807) is 6.07 Å². The number of aromatic carboxylic acids is 1. The van der Waals surface area contributed by atoms with E-state index in [9.17, 15) is 13.2 Å². The second kappa shape index (κ2) is 5.43. The van der Waals surface area contributed by atoms with E-state index >= 15 is 0 Å². The largest absolute Gasteiger partial charge is 0.478 e. The average Bonchev–Trinajstić information content (AvgIpc) is 2.83. The van der Waals surface area contributed by atoms with Crippen LogP contribution in [0.25, 0.3) is 0 Å². The number of rotatable bonds is 4. The molecule has 0 unspecified atom stereocenters. The highest BCUT2D eigenvalue weighted by Gasteiger charge is 2.25. The summed E-state index contributed by atoms with van der Waals surface area (Å²) in [5.41, 5.74) is -0.337. The summed E-state index contributed by atoms with van der Waals surface area (Å²) in [6.45, 7) is 0. The summed E-state index contributed by atoms with van der Waals surface area (Å²) in [6.07, 6.45) is 0.916. The summed E-state index contributed by atoms with van der Waals surface area (Å²) >= 11 is 9.06. The molecule has 0 atom stereocenters. The van der Waals surface area contributed by atoms with Crippen molar-refractivity contribution in [3.05, 3.63) is 39.5 Å². The van der Waals surface area contributed by atoms with Crippen LogP contribution in [0.5, 0.6) is 0 Å². The van der Waals surface area contributed by atoms with E-state index in [0.717, 1.165) is 6.20 Å². The standard InChI is InChI=1S/C10H7BrClN3O4S/c11-5-1-2-7(12)8(3-5)15-20(18,19)9-6(10(16)17)4-13-14-9/h1-4,15H,(H,13,14)(H,16,17). The monoisotopic (exact) mass is 379 g/mol. The van der Waals surface area contributed by atoms with Crippen LogP contribution in [-0.4, -0.2) is 29.7 Å². The SMILES string of the molecule is O=C(O)c1cn[nH]c1S(=O)(=O)Nc1cc(Br)ccc1Cl. The third kappa shape index (κ3) is 2.94. The van der Waals surface area contributed by atoms with Crippen LogP contribution < -0.4 is 4.72 Å². The Bertz CT molecular complexity index is 775. The van der Waals surface area contributed by atoms with E-state index < -0.39 is 26.6 Å². The minimum Gasteiger partial charge on any atom is -0.478 e. The van der Waals surface area contributed by atoms with Gasteiger partial charge < -0.3 is 5.11 Å². The molecule has 0 bridgehead atoms. The van der Waals surface area contributed by atoms with Crippen LogP contribution in [0.1, 0.15) is 10.4 Å². The first-order chi connectivity index (χ1) is 9.31. The number of sulfonamides is 1. The van der Waals surface area contributed by atoms with Crippen molar-refractivity contribution in [3.8, 4) is 0 Å². The van der Waals surface area contributed by atoms with Crippen LogP contribution in [0.4, 0.5) is 5.69 Å². The lowest BCUT2D eigenvalue weighted by molar-refractivity contribution is 0.0692. The van der Waals surface area contributed by atoms with E-state index in [0.29, 0.717) is 4.47 Å². The molecule has 1 heterocycles. The number of H-pyrrole nitrogens is 1. The van der Waals surface area contributed by atoms with Gasteiger partial charge in [-0.3, -0.25) is 9.82 Å². The highest BCUT2D eigenvalue weighted by atomic mass is 79.9. The Labute approximate surface area is 127 Å². The molecule has 0 aliphatic rings. The summed E-state index contributed by atoms with van der Waals surface area (Å²) in [5.74, 6) is -1.40. The zero-order valence-electron chi connectivity index (χ0n) is 9.59. The summed E-state index contributed by atoms with van der Waals surface area (Å²) in [5, 5.41) is 14.1. The molecule has 10 heteroatoms. The second-order valence-electron chi connectivity index (χ2n) is 3.65. The molecule has 1 aromatic carbocycles. The number of carbonyl (C=O) groups is 1. The van der Waals surface area contributed by atoms with Gasteiger partial charge in [-0.1, -0.05) is 27.5 Å². The molecule has 7 nitrogen and oxygen atoms in total. The van der Waals surface area contributed by atoms with E-state index in [1.165, 1.54) is 12.1 Å². The Morgan fingerprint density at radius 1 is 1.45 bits per heavy atom. The van der Waals surface area contributed by atoms with E-state index in [1.807, 2.05) is 0 Å². The second-order valence-corrected chi connectivity index (χ2v) is 6.59. The predicted octanol–water partition coefficient (Wildman–Crippen LogP) is 2.32. The Balaban J connectivity index is 2.44. The molecule has 106 valence electrons. The summed E-state index contributed by atoms with van der Waals surface area (Å²) < 4.78 is 27.1. The number of halogens is 2. The molecule has 0 spiro atoms. The number of nitrogens with one attached hydrogen (secondary N) is 2. The molecule has 0 saturated carbocycles. The lowest BCUT2D eigenvalue weighted by atomic mass is 10.3. The maximum atomic E-state index is 12.1. The van der Waals surface area contributed by atoms with Gasteiger partial charge in [0.2, 0.25) is 0 Å². The Kier molecular flexibility index (Phi) is 4.02. The fraction of sp³-hybridized carbons (Fsp3) is 0. The van der Waals surface area contributed by atoms with Gasteiger partial charge in [-0.25, -0.2) is 4.79 Å². The van der Waals surface area contributed by atoms with Crippen LogP contribution in [0.15, 0.2) is 33.9 Å². The third-order valence-electron chi connectivity index (χ3n) is 2.28. The Morgan fingerprint density at radius 3 is 2.80 bits per heavy atom. The molecular formula is C10H7BrClN3O4S. The topological polar surface area (TPSA) is 112 Å². The van der Waals surface area contributed by atoms with Crippen molar-refractivity contribution in [2.75, 3.05) is 4.72 Å². The van der Waals surface area contributed by atoms with Crippen molar-refractivity contribution in [2.45, 2.75) is 5.03 Å². The van der Waals surface area contributed by atoms with Crippen molar-refractivity contribution < 1.29 is 18.3 Å².